The van der Waals surface area contributed by atoms with Crippen LogP contribution in [0.3, 0.4) is 0 Å². The molecule has 26 heavy (non-hydrogen) atoms. The first kappa shape index (κ1) is 16.6. The highest BCUT2D eigenvalue weighted by Crippen LogP contribution is 2.39. The molecule has 1 N–H and O–H groups in total. The third-order valence-electron chi connectivity index (χ3n) is 5.13. The zero-order valence-corrected chi connectivity index (χ0v) is 15.6. The van der Waals surface area contributed by atoms with E-state index in [4.69, 9.17) is 4.98 Å². The molecule has 4 heteroatoms. The number of carbonyl (C=O) groups excluding carboxylic acids is 1. The van der Waals surface area contributed by atoms with E-state index in [-0.39, 0.29) is 11.8 Å². The summed E-state index contributed by atoms with van der Waals surface area (Å²) < 4.78 is 2.14. The van der Waals surface area contributed by atoms with Gasteiger partial charge in [0.2, 0.25) is 5.95 Å². The second-order valence-electron chi connectivity index (χ2n) is 7.24. The summed E-state index contributed by atoms with van der Waals surface area (Å²) in [5, 5.41) is 3.32. The summed E-state index contributed by atoms with van der Waals surface area (Å²) in [6.07, 6.45) is 0. The minimum Gasteiger partial charge on any atom is -0.329 e. The fourth-order valence-corrected chi connectivity index (χ4v) is 3.80. The molecule has 0 saturated heterocycles. The molecular formula is C22H23N3O. The molecule has 2 heterocycles. The Bertz CT molecular complexity index is 1030. The molecular weight excluding hydrogens is 322 g/mol. The van der Waals surface area contributed by atoms with Gasteiger partial charge in [0.25, 0.3) is 0 Å². The largest absolute Gasteiger partial charge is 0.329 e. The number of rotatable bonds is 3. The molecule has 0 amide bonds. The van der Waals surface area contributed by atoms with Crippen LogP contribution in [0, 0.1) is 0 Å². The molecule has 0 aliphatic carbocycles. The predicted octanol–water partition coefficient (Wildman–Crippen LogP) is 5.04. The van der Waals surface area contributed by atoms with Gasteiger partial charge in [-0.15, -0.1) is 0 Å². The summed E-state index contributed by atoms with van der Waals surface area (Å²) in [4.78, 5) is 17.2. The van der Waals surface area contributed by atoms with Crippen LogP contribution in [0.15, 0.2) is 59.8 Å². The highest BCUT2D eigenvalue weighted by Gasteiger charge is 2.32. The minimum atomic E-state index is -0.169. The number of Topliss-reactive ketones (excluding diaryl/α,β-unsaturated/α-hetero) is 1. The summed E-state index contributed by atoms with van der Waals surface area (Å²) in [5.41, 5.74) is 6.01. The van der Waals surface area contributed by atoms with Gasteiger partial charge in [-0.25, -0.2) is 4.98 Å². The van der Waals surface area contributed by atoms with E-state index in [9.17, 15) is 4.79 Å². The summed E-state index contributed by atoms with van der Waals surface area (Å²) in [6, 6.07) is 16.5. The van der Waals surface area contributed by atoms with Crippen LogP contribution in [-0.4, -0.2) is 15.3 Å². The van der Waals surface area contributed by atoms with Gasteiger partial charge >= 0.3 is 0 Å². The highest BCUT2D eigenvalue weighted by atomic mass is 16.1. The van der Waals surface area contributed by atoms with Crippen LogP contribution in [0.2, 0.25) is 0 Å². The van der Waals surface area contributed by atoms with Crippen molar-refractivity contribution >= 4 is 22.8 Å². The Kier molecular flexibility index (Phi) is 3.91. The number of hydrogen-bond donors (Lipinski definition) is 1. The SMILES string of the molecule is CC(=O)C1=C(C)Nc2nc3ccccc3n2[C@@H]1c1ccc(C(C)C)cc1. The fraction of sp³-hybridized carbons (Fsp3) is 0.273. The molecule has 2 aromatic carbocycles. The zero-order valence-electron chi connectivity index (χ0n) is 15.6. The monoisotopic (exact) mass is 345 g/mol. The molecule has 4 nitrogen and oxygen atoms in total. The minimum absolute atomic E-state index is 0.0800. The van der Waals surface area contributed by atoms with Gasteiger partial charge < -0.3 is 5.32 Å². The lowest BCUT2D eigenvalue weighted by atomic mass is 9.91. The van der Waals surface area contributed by atoms with Crippen LogP contribution in [0.4, 0.5) is 5.95 Å². The van der Waals surface area contributed by atoms with Crippen LogP contribution < -0.4 is 5.32 Å². The summed E-state index contributed by atoms with van der Waals surface area (Å²) in [6.45, 7) is 7.97. The van der Waals surface area contributed by atoms with E-state index in [1.807, 2.05) is 25.1 Å². The number of para-hydroxylation sites is 2. The number of hydrogen-bond acceptors (Lipinski definition) is 3. The lowest BCUT2D eigenvalue weighted by Crippen LogP contribution is -2.27. The molecule has 3 aromatic rings. The number of ketones is 1. The number of fused-ring (bicyclic) bond motifs is 3. The number of nitrogens with zero attached hydrogens (tertiary/aromatic N) is 2. The third kappa shape index (κ3) is 2.53. The van der Waals surface area contributed by atoms with Crippen molar-refractivity contribution in [1.82, 2.24) is 9.55 Å². The number of imidazole rings is 1. The standard InChI is InChI=1S/C22H23N3O/c1-13(2)16-9-11-17(12-10-16)21-20(15(4)26)14(3)23-22-24-18-7-5-6-8-19(18)25(21)22/h5-13,21H,1-4H3,(H,23,24)/t21-/m1/s1. The van der Waals surface area contributed by atoms with Crippen molar-refractivity contribution < 1.29 is 4.79 Å². The van der Waals surface area contributed by atoms with Crippen molar-refractivity contribution in [3.63, 3.8) is 0 Å². The Morgan fingerprint density at radius 3 is 2.46 bits per heavy atom. The van der Waals surface area contributed by atoms with Crippen molar-refractivity contribution in [1.29, 1.82) is 0 Å². The number of anilines is 1. The Morgan fingerprint density at radius 2 is 1.81 bits per heavy atom. The van der Waals surface area contributed by atoms with E-state index in [2.05, 4.69) is 54.1 Å². The van der Waals surface area contributed by atoms with E-state index in [0.29, 0.717) is 5.92 Å². The molecule has 0 saturated carbocycles. The normalized spacial score (nSPS) is 16.7. The molecule has 0 spiro atoms. The lowest BCUT2D eigenvalue weighted by Gasteiger charge is -2.30. The van der Waals surface area contributed by atoms with E-state index in [0.717, 1.165) is 33.8 Å². The maximum Gasteiger partial charge on any atom is 0.209 e. The van der Waals surface area contributed by atoms with Gasteiger partial charge in [0, 0.05) is 11.3 Å². The van der Waals surface area contributed by atoms with Gasteiger partial charge in [0.1, 0.15) is 0 Å². The van der Waals surface area contributed by atoms with Gasteiger partial charge in [0.05, 0.1) is 17.1 Å². The fourth-order valence-electron chi connectivity index (χ4n) is 3.80. The van der Waals surface area contributed by atoms with E-state index in [1.165, 1.54) is 5.56 Å². The number of aromatic nitrogens is 2. The van der Waals surface area contributed by atoms with Crippen LogP contribution in [0.1, 0.15) is 50.8 Å². The van der Waals surface area contributed by atoms with Crippen LogP contribution in [0.5, 0.6) is 0 Å². The molecule has 1 aliphatic rings. The van der Waals surface area contributed by atoms with E-state index in [1.54, 1.807) is 6.92 Å². The third-order valence-corrected chi connectivity index (χ3v) is 5.13. The van der Waals surface area contributed by atoms with Gasteiger partial charge in [-0.05, 0) is 43.0 Å². The molecule has 4 rings (SSSR count). The molecule has 1 aliphatic heterocycles. The predicted molar refractivity (Wildman–Crippen MR) is 105 cm³/mol. The first-order chi connectivity index (χ1) is 12.5. The molecule has 0 radical (unpaired) electrons. The van der Waals surface area contributed by atoms with Gasteiger partial charge in [-0.1, -0.05) is 50.2 Å². The van der Waals surface area contributed by atoms with Crippen molar-refractivity contribution in [2.45, 2.75) is 39.7 Å². The van der Waals surface area contributed by atoms with Gasteiger partial charge in [-0.2, -0.15) is 0 Å². The molecule has 1 aromatic heterocycles. The molecule has 0 unspecified atom stereocenters. The Labute approximate surface area is 153 Å². The van der Waals surface area contributed by atoms with Crippen LogP contribution in [0.25, 0.3) is 11.0 Å². The average Bonchev–Trinajstić information content (AvgIpc) is 2.98. The Hall–Kier alpha value is -2.88. The van der Waals surface area contributed by atoms with E-state index >= 15 is 0 Å². The van der Waals surface area contributed by atoms with Crippen molar-refractivity contribution in [2.75, 3.05) is 5.32 Å². The zero-order chi connectivity index (χ0) is 18.4. The van der Waals surface area contributed by atoms with Crippen LogP contribution >= 0.6 is 0 Å². The second-order valence-corrected chi connectivity index (χ2v) is 7.24. The summed E-state index contributed by atoms with van der Waals surface area (Å²) in [5.74, 6) is 1.34. The Morgan fingerprint density at radius 1 is 1.12 bits per heavy atom. The number of carbonyl (C=O) groups is 1. The average molecular weight is 345 g/mol. The van der Waals surface area contributed by atoms with Crippen molar-refractivity contribution in [3.8, 4) is 0 Å². The number of allylic oxidation sites excluding steroid dienone is 2. The second kappa shape index (κ2) is 6.13. The molecule has 0 fully saturated rings. The maximum absolute atomic E-state index is 12.5. The summed E-state index contributed by atoms with van der Waals surface area (Å²) in [7, 11) is 0. The number of benzene rings is 2. The quantitative estimate of drug-likeness (QED) is 0.723. The Balaban J connectivity index is 1.96. The molecule has 0 bridgehead atoms. The smallest absolute Gasteiger partial charge is 0.209 e. The summed E-state index contributed by atoms with van der Waals surface area (Å²) >= 11 is 0. The molecule has 1 atom stereocenters. The number of nitrogens with one attached hydrogen (secondary N) is 1. The maximum atomic E-state index is 12.5. The van der Waals surface area contributed by atoms with E-state index < -0.39 is 0 Å². The van der Waals surface area contributed by atoms with Crippen molar-refractivity contribution in [2.24, 2.45) is 0 Å². The lowest BCUT2D eigenvalue weighted by molar-refractivity contribution is -0.114. The van der Waals surface area contributed by atoms with Crippen LogP contribution in [-0.2, 0) is 4.79 Å². The highest BCUT2D eigenvalue weighted by molar-refractivity contribution is 5.97. The topological polar surface area (TPSA) is 46.9 Å². The first-order valence-electron chi connectivity index (χ1n) is 9.03. The van der Waals surface area contributed by atoms with Gasteiger partial charge in [0.15, 0.2) is 5.78 Å². The molecule has 132 valence electrons. The van der Waals surface area contributed by atoms with Gasteiger partial charge in [-0.3, -0.25) is 9.36 Å². The first-order valence-corrected chi connectivity index (χ1v) is 9.03. The van der Waals surface area contributed by atoms with Crippen molar-refractivity contribution in [3.05, 3.63) is 70.9 Å².